The highest BCUT2D eigenvalue weighted by atomic mass is 35.5. The topological polar surface area (TPSA) is 61.0 Å². The molecule has 2 rings (SSSR count). The maximum absolute atomic E-state index is 10.7. The van der Waals surface area contributed by atoms with Gasteiger partial charge in [0, 0.05) is 13.1 Å². The lowest BCUT2D eigenvalue weighted by atomic mass is 10.2. The van der Waals surface area contributed by atoms with Crippen LogP contribution in [-0.2, 0) is 7.05 Å². The van der Waals surface area contributed by atoms with Gasteiger partial charge in [0.25, 0.3) is 5.69 Å². The zero-order valence-electron chi connectivity index (χ0n) is 7.27. The number of non-ortho nitro benzene ring substituents is 1. The molecule has 72 valence electrons. The van der Waals surface area contributed by atoms with Gasteiger partial charge in [0.1, 0.15) is 5.39 Å². The number of benzene rings is 1. The maximum Gasteiger partial charge on any atom is 0.281 e. The van der Waals surface area contributed by atoms with E-state index in [1.807, 2.05) is 0 Å². The molecular weight excluding hydrogens is 206 g/mol. The van der Waals surface area contributed by atoms with Crippen LogP contribution in [0.1, 0.15) is 0 Å². The van der Waals surface area contributed by atoms with Crippen molar-refractivity contribution in [2.75, 3.05) is 0 Å². The monoisotopic (exact) mass is 211 g/mol. The summed E-state index contributed by atoms with van der Waals surface area (Å²) in [5.41, 5.74) is 0.643. The molecule has 14 heavy (non-hydrogen) atoms. The van der Waals surface area contributed by atoms with Crippen LogP contribution in [0.25, 0.3) is 10.9 Å². The predicted molar refractivity (Wildman–Crippen MR) is 52.4 cm³/mol. The summed E-state index contributed by atoms with van der Waals surface area (Å²) in [6, 6.07) is 4.76. The first kappa shape index (κ1) is 8.96. The Morgan fingerprint density at radius 2 is 2.29 bits per heavy atom. The maximum atomic E-state index is 10.7. The van der Waals surface area contributed by atoms with E-state index in [1.165, 1.54) is 10.7 Å². The van der Waals surface area contributed by atoms with Crippen LogP contribution < -0.4 is 0 Å². The Morgan fingerprint density at radius 1 is 1.57 bits per heavy atom. The third-order valence-corrected chi connectivity index (χ3v) is 2.27. The molecule has 0 spiro atoms. The smallest absolute Gasteiger partial charge is 0.266 e. The van der Waals surface area contributed by atoms with E-state index in [1.54, 1.807) is 19.2 Å². The zero-order chi connectivity index (χ0) is 10.3. The van der Waals surface area contributed by atoms with Gasteiger partial charge in [0.2, 0.25) is 0 Å². The van der Waals surface area contributed by atoms with Gasteiger partial charge in [-0.15, -0.1) is 0 Å². The lowest BCUT2D eigenvalue weighted by Gasteiger charge is -1.94. The normalized spacial score (nSPS) is 10.7. The summed E-state index contributed by atoms with van der Waals surface area (Å²) >= 11 is 5.79. The molecule has 5 nitrogen and oxygen atoms in total. The standard InChI is InChI=1S/C8H6ClN3O2/c1-11-5-3-2-4-6(12(13)14)7(5)8(9)10-11/h2-4H,1H3. The van der Waals surface area contributed by atoms with E-state index in [0.717, 1.165) is 0 Å². The fourth-order valence-electron chi connectivity index (χ4n) is 1.40. The number of halogens is 1. The number of aromatic nitrogens is 2. The Bertz CT molecular complexity index is 521. The second-order valence-electron chi connectivity index (χ2n) is 2.84. The summed E-state index contributed by atoms with van der Waals surface area (Å²) in [4.78, 5) is 10.2. The Hall–Kier alpha value is -1.62. The van der Waals surface area contributed by atoms with E-state index in [9.17, 15) is 10.1 Å². The molecule has 0 saturated carbocycles. The number of rotatable bonds is 1. The van der Waals surface area contributed by atoms with Gasteiger partial charge in [-0.05, 0) is 6.07 Å². The lowest BCUT2D eigenvalue weighted by Crippen LogP contribution is -1.90. The summed E-state index contributed by atoms with van der Waals surface area (Å²) in [5.74, 6) is 0. The molecule has 2 aromatic rings. The van der Waals surface area contributed by atoms with Gasteiger partial charge in [-0.25, -0.2) is 0 Å². The van der Waals surface area contributed by atoms with E-state index in [0.29, 0.717) is 10.9 Å². The van der Waals surface area contributed by atoms with E-state index in [2.05, 4.69) is 5.10 Å². The van der Waals surface area contributed by atoms with Crippen molar-refractivity contribution in [3.63, 3.8) is 0 Å². The first-order valence-corrected chi connectivity index (χ1v) is 4.24. The quantitative estimate of drug-likeness (QED) is 0.536. The summed E-state index contributed by atoms with van der Waals surface area (Å²) in [6.07, 6.45) is 0. The van der Waals surface area contributed by atoms with Crippen LogP contribution in [-0.4, -0.2) is 14.7 Å². The van der Waals surface area contributed by atoms with Gasteiger partial charge < -0.3 is 0 Å². The number of aryl methyl sites for hydroxylation is 1. The van der Waals surface area contributed by atoms with Crippen LogP contribution in [0.2, 0.25) is 5.15 Å². The van der Waals surface area contributed by atoms with Crippen molar-refractivity contribution < 1.29 is 4.92 Å². The minimum atomic E-state index is -0.462. The van der Waals surface area contributed by atoms with Crippen LogP contribution in [0.15, 0.2) is 18.2 Å². The van der Waals surface area contributed by atoms with E-state index in [4.69, 9.17) is 11.6 Å². The van der Waals surface area contributed by atoms with Crippen molar-refractivity contribution in [2.45, 2.75) is 0 Å². The van der Waals surface area contributed by atoms with Crippen molar-refractivity contribution in [1.82, 2.24) is 9.78 Å². The number of fused-ring (bicyclic) bond motifs is 1. The Morgan fingerprint density at radius 3 is 2.93 bits per heavy atom. The first-order valence-electron chi connectivity index (χ1n) is 3.87. The average molecular weight is 212 g/mol. The Balaban J connectivity index is 2.92. The van der Waals surface area contributed by atoms with Gasteiger partial charge in [-0.2, -0.15) is 5.10 Å². The highest BCUT2D eigenvalue weighted by molar-refractivity contribution is 6.35. The Kier molecular flexibility index (Phi) is 1.89. The molecule has 0 aliphatic rings. The molecule has 0 N–H and O–H groups in total. The van der Waals surface area contributed by atoms with Crippen LogP contribution in [0.5, 0.6) is 0 Å². The van der Waals surface area contributed by atoms with Gasteiger partial charge in [-0.1, -0.05) is 17.7 Å². The van der Waals surface area contributed by atoms with Crippen LogP contribution in [0, 0.1) is 10.1 Å². The van der Waals surface area contributed by atoms with Crippen molar-refractivity contribution in [3.8, 4) is 0 Å². The molecule has 1 aromatic heterocycles. The van der Waals surface area contributed by atoms with Crippen molar-refractivity contribution >= 4 is 28.2 Å². The SMILES string of the molecule is Cn1nc(Cl)c2c([N+](=O)[O-])cccc21. The second kappa shape index (κ2) is 2.95. The third kappa shape index (κ3) is 1.13. The molecule has 1 aromatic carbocycles. The average Bonchev–Trinajstić information content (AvgIpc) is 2.43. The van der Waals surface area contributed by atoms with E-state index < -0.39 is 4.92 Å². The molecule has 0 unspecified atom stereocenters. The molecule has 0 saturated heterocycles. The minimum absolute atomic E-state index is 0.0133. The van der Waals surface area contributed by atoms with Gasteiger partial charge in [-0.3, -0.25) is 14.8 Å². The fraction of sp³-hybridized carbons (Fsp3) is 0.125. The predicted octanol–water partition coefficient (Wildman–Crippen LogP) is 2.13. The minimum Gasteiger partial charge on any atom is -0.266 e. The molecule has 0 bridgehead atoms. The molecule has 0 amide bonds. The first-order chi connectivity index (χ1) is 6.61. The molecular formula is C8H6ClN3O2. The lowest BCUT2D eigenvalue weighted by molar-refractivity contribution is -0.383. The summed E-state index contributed by atoms with van der Waals surface area (Å²) < 4.78 is 1.52. The van der Waals surface area contributed by atoms with Crippen LogP contribution in [0.4, 0.5) is 5.69 Å². The molecule has 0 atom stereocenters. The van der Waals surface area contributed by atoms with Crippen molar-refractivity contribution in [3.05, 3.63) is 33.5 Å². The highest BCUT2D eigenvalue weighted by Crippen LogP contribution is 2.30. The Labute approximate surface area is 84.0 Å². The number of nitrogens with zero attached hydrogens (tertiary/aromatic N) is 3. The molecule has 1 heterocycles. The largest absolute Gasteiger partial charge is 0.281 e. The number of nitro groups is 1. The molecule has 0 aliphatic carbocycles. The van der Waals surface area contributed by atoms with Gasteiger partial charge in [0.15, 0.2) is 5.15 Å². The number of hydrogen-bond acceptors (Lipinski definition) is 3. The van der Waals surface area contributed by atoms with Gasteiger partial charge in [0.05, 0.1) is 10.4 Å². The third-order valence-electron chi connectivity index (χ3n) is 2.01. The van der Waals surface area contributed by atoms with Crippen molar-refractivity contribution in [1.29, 1.82) is 0 Å². The van der Waals surface area contributed by atoms with Crippen molar-refractivity contribution in [2.24, 2.45) is 7.05 Å². The van der Waals surface area contributed by atoms with Crippen LogP contribution >= 0.6 is 11.6 Å². The van der Waals surface area contributed by atoms with E-state index in [-0.39, 0.29) is 10.8 Å². The van der Waals surface area contributed by atoms with Crippen LogP contribution in [0.3, 0.4) is 0 Å². The second-order valence-corrected chi connectivity index (χ2v) is 3.20. The highest BCUT2D eigenvalue weighted by Gasteiger charge is 2.17. The summed E-state index contributed by atoms with van der Waals surface area (Å²) in [7, 11) is 1.69. The molecule has 0 radical (unpaired) electrons. The molecule has 0 aliphatic heterocycles. The molecule has 0 fully saturated rings. The number of hydrogen-bond donors (Lipinski definition) is 0. The number of nitro benzene ring substituents is 1. The van der Waals surface area contributed by atoms with Gasteiger partial charge >= 0.3 is 0 Å². The molecule has 6 heteroatoms. The summed E-state index contributed by atoms with van der Waals surface area (Å²) in [5, 5.41) is 15.1. The van der Waals surface area contributed by atoms with E-state index >= 15 is 0 Å². The summed E-state index contributed by atoms with van der Waals surface area (Å²) in [6.45, 7) is 0. The zero-order valence-corrected chi connectivity index (χ0v) is 8.02. The fourth-order valence-corrected chi connectivity index (χ4v) is 1.70.